The van der Waals surface area contributed by atoms with Crippen LogP contribution in [0.3, 0.4) is 0 Å². The van der Waals surface area contributed by atoms with E-state index in [4.69, 9.17) is 0 Å². The van der Waals surface area contributed by atoms with E-state index in [0.29, 0.717) is 16.4 Å². The van der Waals surface area contributed by atoms with Crippen LogP contribution in [0, 0.1) is 21.0 Å². The molecule has 0 bridgehead atoms. The monoisotopic (exact) mass is 542 g/mol. The molecule has 0 radical (unpaired) electrons. The van der Waals surface area contributed by atoms with Crippen molar-refractivity contribution in [1.82, 2.24) is 4.72 Å². The zero-order valence-corrected chi connectivity index (χ0v) is 17.8. The Bertz CT molecular complexity index is 1020. The quantitative estimate of drug-likeness (QED) is 0.385. The first-order valence-corrected chi connectivity index (χ1v) is 11.3. The van der Waals surface area contributed by atoms with E-state index in [0.717, 1.165) is 12.1 Å². The molecule has 1 saturated carbocycles. The molecule has 0 spiro atoms. The lowest BCUT2D eigenvalue weighted by Gasteiger charge is -2.22. The third kappa shape index (κ3) is 5.20. The maximum atomic E-state index is 14.4. The van der Waals surface area contributed by atoms with Gasteiger partial charge in [0.05, 0.1) is 22.7 Å². The highest BCUT2D eigenvalue weighted by Crippen LogP contribution is 2.33. The van der Waals surface area contributed by atoms with Crippen LogP contribution in [0.4, 0.5) is 24.5 Å². The van der Waals surface area contributed by atoms with Crippen LogP contribution in [0.15, 0.2) is 30.3 Å². The van der Waals surface area contributed by atoms with Gasteiger partial charge in [-0.2, -0.15) is 0 Å². The molecule has 1 fully saturated rings. The van der Waals surface area contributed by atoms with Crippen molar-refractivity contribution in [3.63, 3.8) is 0 Å². The molecular weight excluding hydrogens is 524 g/mol. The molecule has 1 aliphatic carbocycles. The van der Waals surface area contributed by atoms with Crippen LogP contribution in [-0.4, -0.2) is 36.5 Å². The van der Waals surface area contributed by atoms with Crippen LogP contribution in [0.25, 0.3) is 0 Å². The van der Waals surface area contributed by atoms with Crippen LogP contribution in [0.1, 0.15) is 24.5 Å². The topological polar surface area (TPSA) is 98.7 Å². The van der Waals surface area contributed by atoms with Crippen molar-refractivity contribution in [1.29, 1.82) is 0 Å². The Kier molecular flexibility index (Phi) is 6.73. The fourth-order valence-corrected chi connectivity index (χ4v) is 4.53. The molecular formula is C18H18F3IN2O4S. The Morgan fingerprint density at radius 1 is 1.10 bits per heavy atom. The normalized spacial score (nSPS) is 16.5. The summed E-state index contributed by atoms with van der Waals surface area (Å²) < 4.78 is 68.8. The number of sulfonamides is 1. The maximum absolute atomic E-state index is 14.4. The average Bonchev–Trinajstić information content (AvgIpc) is 3.51. The molecule has 158 valence electrons. The van der Waals surface area contributed by atoms with Crippen molar-refractivity contribution < 1.29 is 31.8 Å². The van der Waals surface area contributed by atoms with Crippen LogP contribution in [0.2, 0.25) is 0 Å². The summed E-state index contributed by atoms with van der Waals surface area (Å²) in [7, 11) is -3.60. The van der Waals surface area contributed by atoms with Gasteiger partial charge in [0.1, 0.15) is 11.9 Å². The number of aliphatic hydroxyl groups is 2. The first kappa shape index (κ1) is 22.3. The maximum Gasteiger partial charge on any atom is 0.214 e. The van der Waals surface area contributed by atoms with Crippen molar-refractivity contribution in [3.05, 3.63) is 56.9 Å². The van der Waals surface area contributed by atoms with Gasteiger partial charge in [0.25, 0.3) is 0 Å². The largest absolute Gasteiger partial charge is 0.389 e. The number of benzene rings is 2. The number of halogens is 4. The Hall–Kier alpha value is -1.41. The molecule has 0 heterocycles. The van der Waals surface area contributed by atoms with Crippen molar-refractivity contribution in [2.24, 2.45) is 0 Å². The Morgan fingerprint density at radius 3 is 2.41 bits per heavy atom. The predicted molar refractivity (Wildman–Crippen MR) is 110 cm³/mol. The molecule has 0 aliphatic heterocycles. The molecule has 2 unspecified atom stereocenters. The number of nitrogens with one attached hydrogen (secondary N) is 2. The van der Waals surface area contributed by atoms with Crippen molar-refractivity contribution >= 4 is 44.0 Å². The minimum absolute atomic E-state index is 0.160. The molecule has 3 rings (SSSR count). The first-order chi connectivity index (χ1) is 13.6. The third-order valence-electron chi connectivity index (χ3n) is 4.46. The highest BCUT2D eigenvalue weighted by atomic mass is 127. The molecule has 2 atom stereocenters. The number of hydrogen-bond acceptors (Lipinski definition) is 5. The van der Waals surface area contributed by atoms with Gasteiger partial charge in [0.15, 0.2) is 11.6 Å². The lowest BCUT2D eigenvalue weighted by molar-refractivity contribution is 0.0224. The first-order valence-electron chi connectivity index (χ1n) is 8.64. The summed E-state index contributed by atoms with van der Waals surface area (Å²) >= 11 is 1.88. The van der Waals surface area contributed by atoms with E-state index < -0.39 is 57.2 Å². The van der Waals surface area contributed by atoms with Gasteiger partial charge in [0, 0.05) is 15.7 Å². The zero-order chi connectivity index (χ0) is 21.3. The highest BCUT2D eigenvalue weighted by molar-refractivity contribution is 14.1. The summed E-state index contributed by atoms with van der Waals surface area (Å²) in [5.41, 5.74) is -0.964. The number of rotatable bonds is 8. The SMILES string of the molecule is O=S(=O)(NCC(O)C(O)c1ccc(F)c(F)c1Nc1ccc(I)cc1F)C1CC1. The summed E-state index contributed by atoms with van der Waals surface area (Å²) in [5.74, 6) is -3.33. The molecule has 0 saturated heterocycles. The second-order valence-electron chi connectivity index (χ2n) is 6.68. The number of hydrogen-bond donors (Lipinski definition) is 4. The van der Waals surface area contributed by atoms with E-state index >= 15 is 0 Å². The van der Waals surface area contributed by atoms with Crippen LogP contribution in [-0.2, 0) is 10.0 Å². The summed E-state index contributed by atoms with van der Waals surface area (Å²) in [6.45, 7) is -0.518. The minimum atomic E-state index is -3.60. The summed E-state index contributed by atoms with van der Waals surface area (Å²) in [5, 5.41) is 22.5. The molecule has 11 heteroatoms. The van der Waals surface area contributed by atoms with E-state index in [2.05, 4.69) is 10.0 Å². The highest BCUT2D eigenvalue weighted by Gasteiger charge is 2.36. The summed E-state index contributed by atoms with van der Waals surface area (Å²) in [6.07, 6.45) is -2.36. The summed E-state index contributed by atoms with van der Waals surface area (Å²) in [4.78, 5) is 0. The Balaban J connectivity index is 1.85. The standard InChI is InChI=1S/C18H18F3IN2O4S/c19-12-5-4-11(18(26)15(25)8-23-29(27,28)10-2-3-10)17(16(12)21)24-14-6-1-9(22)7-13(14)20/h1,4-7,10,15,18,23-26H,2-3,8H2. The smallest absolute Gasteiger partial charge is 0.214 e. The van der Waals surface area contributed by atoms with E-state index in [-0.39, 0.29) is 11.3 Å². The van der Waals surface area contributed by atoms with E-state index in [9.17, 15) is 31.8 Å². The van der Waals surface area contributed by atoms with Gasteiger partial charge in [-0.05, 0) is 59.7 Å². The third-order valence-corrected chi connectivity index (χ3v) is 7.05. The molecule has 2 aromatic carbocycles. The average molecular weight is 542 g/mol. The fourth-order valence-electron chi connectivity index (χ4n) is 2.68. The molecule has 29 heavy (non-hydrogen) atoms. The van der Waals surface area contributed by atoms with Crippen LogP contribution >= 0.6 is 22.6 Å². The van der Waals surface area contributed by atoms with E-state index in [1.807, 2.05) is 22.6 Å². The van der Waals surface area contributed by atoms with Gasteiger partial charge in [-0.25, -0.2) is 26.3 Å². The molecule has 6 nitrogen and oxygen atoms in total. The van der Waals surface area contributed by atoms with Gasteiger partial charge < -0.3 is 15.5 Å². The fraction of sp³-hybridized carbons (Fsp3) is 0.333. The van der Waals surface area contributed by atoms with Crippen LogP contribution in [0.5, 0.6) is 0 Å². The van der Waals surface area contributed by atoms with Crippen LogP contribution < -0.4 is 10.0 Å². The van der Waals surface area contributed by atoms with Gasteiger partial charge in [-0.15, -0.1) is 0 Å². The molecule has 1 aliphatic rings. The molecule has 4 N–H and O–H groups in total. The van der Waals surface area contributed by atoms with Gasteiger partial charge >= 0.3 is 0 Å². The van der Waals surface area contributed by atoms with E-state index in [1.54, 1.807) is 6.07 Å². The van der Waals surface area contributed by atoms with Gasteiger partial charge in [0.2, 0.25) is 10.0 Å². The lowest BCUT2D eigenvalue weighted by atomic mass is 10.0. The number of aliphatic hydroxyl groups excluding tert-OH is 2. The van der Waals surface area contributed by atoms with Crippen molar-refractivity contribution in [2.75, 3.05) is 11.9 Å². The second-order valence-corrected chi connectivity index (χ2v) is 9.97. The molecule has 0 aromatic heterocycles. The summed E-state index contributed by atoms with van der Waals surface area (Å²) in [6, 6.07) is 5.83. The predicted octanol–water partition coefficient (Wildman–Crippen LogP) is 2.93. The molecule has 2 aromatic rings. The van der Waals surface area contributed by atoms with E-state index in [1.165, 1.54) is 12.1 Å². The Morgan fingerprint density at radius 2 is 1.79 bits per heavy atom. The van der Waals surface area contributed by atoms with Crippen molar-refractivity contribution in [3.8, 4) is 0 Å². The Labute approximate surface area is 179 Å². The zero-order valence-electron chi connectivity index (χ0n) is 14.9. The van der Waals surface area contributed by atoms with Crippen molar-refractivity contribution in [2.45, 2.75) is 30.3 Å². The second kappa shape index (κ2) is 8.76. The van der Waals surface area contributed by atoms with Gasteiger partial charge in [-0.3, -0.25) is 0 Å². The van der Waals surface area contributed by atoms with Gasteiger partial charge in [-0.1, -0.05) is 6.07 Å². The minimum Gasteiger partial charge on any atom is -0.389 e. The lowest BCUT2D eigenvalue weighted by Crippen LogP contribution is -2.37. The number of anilines is 2. The molecule has 0 amide bonds.